The lowest BCUT2D eigenvalue weighted by atomic mass is 10.1. The number of hydrogen-bond acceptors (Lipinski definition) is 4. The lowest BCUT2D eigenvalue weighted by Crippen LogP contribution is -2.13. The number of ether oxygens (including phenoxy) is 1. The molecular formula is C22H21N2O2. The Morgan fingerprint density at radius 1 is 0.962 bits per heavy atom. The van der Waals surface area contributed by atoms with E-state index in [9.17, 15) is 0 Å². The fourth-order valence-electron chi connectivity index (χ4n) is 2.46. The van der Waals surface area contributed by atoms with Crippen LogP contribution in [0, 0.1) is 6.07 Å². The topological polar surface area (TPSA) is 42.9 Å². The van der Waals surface area contributed by atoms with Gasteiger partial charge in [-0.1, -0.05) is 65.8 Å². The summed E-state index contributed by atoms with van der Waals surface area (Å²) in [6.07, 6.45) is 0. The second kappa shape index (κ2) is 9.28. The van der Waals surface area contributed by atoms with Gasteiger partial charge in [0, 0.05) is 23.9 Å². The highest BCUT2D eigenvalue weighted by Crippen LogP contribution is 2.15. The molecule has 26 heavy (non-hydrogen) atoms. The lowest BCUT2D eigenvalue weighted by molar-refractivity contribution is 0.210. The Kier molecular flexibility index (Phi) is 6.26. The van der Waals surface area contributed by atoms with Crippen LogP contribution in [0.15, 0.2) is 84.0 Å². The smallest absolute Gasteiger partial charge is 0.134 e. The third-order valence-corrected chi connectivity index (χ3v) is 3.80. The number of oxime groups is 1. The molecule has 0 fully saturated rings. The number of nitrogens with one attached hydrogen (secondary N) is 1. The molecule has 0 aliphatic carbocycles. The van der Waals surface area contributed by atoms with E-state index in [2.05, 4.69) is 16.5 Å². The molecule has 0 amide bonds. The van der Waals surface area contributed by atoms with Crippen LogP contribution in [0.25, 0.3) is 0 Å². The number of anilines is 1. The van der Waals surface area contributed by atoms with E-state index in [1.807, 2.05) is 78.9 Å². The van der Waals surface area contributed by atoms with Gasteiger partial charge in [0.2, 0.25) is 0 Å². The Morgan fingerprint density at radius 3 is 2.42 bits per heavy atom. The second-order valence-corrected chi connectivity index (χ2v) is 5.65. The van der Waals surface area contributed by atoms with Crippen LogP contribution < -0.4 is 10.1 Å². The molecule has 0 aliphatic rings. The summed E-state index contributed by atoms with van der Waals surface area (Å²) in [5.74, 6) is 0.791. The van der Waals surface area contributed by atoms with Crippen molar-refractivity contribution in [2.45, 2.75) is 6.54 Å². The third kappa shape index (κ3) is 5.11. The molecule has 1 N–H and O–H groups in total. The Morgan fingerprint density at radius 2 is 1.73 bits per heavy atom. The van der Waals surface area contributed by atoms with Crippen LogP contribution in [0.3, 0.4) is 0 Å². The van der Waals surface area contributed by atoms with Crippen molar-refractivity contribution in [1.29, 1.82) is 0 Å². The van der Waals surface area contributed by atoms with Crippen LogP contribution in [0.5, 0.6) is 5.75 Å². The van der Waals surface area contributed by atoms with Gasteiger partial charge >= 0.3 is 0 Å². The van der Waals surface area contributed by atoms with Gasteiger partial charge in [-0.05, 0) is 23.8 Å². The van der Waals surface area contributed by atoms with Crippen molar-refractivity contribution in [3.05, 3.63) is 96.1 Å². The van der Waals surface area contributed by atoms with Crippen LogP contribution in [0.1, 0.15) is 11.1 Å². The summed E-state index contributed by atoms with van der Waals surface area (Å²) >= 11 is 0. The van der Waals surface area contributed by atoms with Crippen molar-refractivity contribution in [3.8, 4) is 5.75 Å². The fraction of sp³-hybridized carbons (Fsp3) is 0.136. The normalized spacial score (nSPS) is 11.0. The van der Waals surface area contributed by atoms with Crippen molar-refractivity contribution in [2.75, 3.05) is 19.0 Å². The van der Waals surface area contributed by atoms with Crippen LogP contribution in [0.2, 0.25) is 0 Å². The van der Waals surface area contributed by atoms with Crippen LogP contribution >= 0.6 is 0 Å². The molecule has 0 heterocycles. The van der Waals surface area contributed by atoms with Crippen molar-refractivity contribution >= 4 is 11.4 Å². The van der Waals surface area contributed by atoms with E-state index in [0.29, 0.717) is 6.61 Å². The highest BCUT2D eigenvalue weighted by Gasteiger charge is 2.06. The van der Waals surface area contributed by atoms with Crippen molar-refractivity contribution in [3.63, 3.8) is 0 Å². The lowest BCUT2D eigenvalue weighted by Gasteiger charge is -2.10. The van der Waals surface area contributed by atoms with Crippen molar-refractivity contribution < 1.29 is 9.57 Å². The minimum absolute atomic E-state index is 0.342. The molecule has 131 valence electrons. The summed E-state index contributed by atoms with van der Waals surface area (Å²) in [5.41, 5.74) is 3.88. The highest BCUT2D eigenvalue weighted by molar-refractivity contribution is 6.01. The number of nitrogens with zero attached hydrogens (tertiary/aromatic N) is 1. The maximum atomic E-state index is 5.86. The van der Waals surface area contributed by atoms with Crippen LogP contribution in [-0.4, -0.2) is 19.4 Å². The van der Waals surface area contributed by atoms with Gasteiger partial charge < -0.3 is 14.9 Å². The molecule has 0 atom stereocenters. The van der Waals surface area contributed by atoms with Crippen molar-refractivity contribution in [1.82, 2.24) is 0 Å². The Hall–Kier alpha value is -3.27. The summed E-state index contributed by atoms with van der Waals surface area (Å²) in [6, 6.07) is 28.8. The van der Waals surface area contributed by atoms with Crippen LogP contribution in [-0.2, 0) is 11.4 Å². The monoisotopic (exact) mass is 345 g/mol. The molecule has 0 aromatic heterocycles. The molecule has 4 heteroatoms. The molecule has 0 unspecified atom stereocenters. The van der Waals surface area contributed by atoms with E-state index in [4.69, 9.17) is 9.57 Å². The van der Waals surface area contributed by atoms with E-state index < -0.39 is 0 Å². The summed E-state index contributed by atoms with van der Waals surface area (Å²) < 4.78 is 5.86. The number of para-hydroxylation sites is 1. The van der Waals surface area contributed by atoms with Crippen LogP contribution in [0.4, 0.5) is 5.69 Å². The van der Waals surface area contributed by atoms with E-state index in [-0.39, 0.29) is 0 Å². The zero-order chi connectivity index (χ0) is 18.0. The molecule has 0 saturated heterocycles. The molecule has 0 saturated carbocycles. The van der Waals surface area contributed by atoms with Gasteiger partial charge in [0.25, 0.3) is 0 Å². The minimum Gasteiger partial charge on any atom is -0.487 e. The quantitative estimate of drug-likeness (QED) is 0.482. The van der Waals surface area contributed by atoms with Gasteiger partial charge in [-0.25, -0.2) is 0 Å². The van der Waals surface area contributed by atoms with Gasteiger partial charge in [0.05, 0.1) is 0 Å². The molecule has 3 aromatic rings. The SMILES string of the molecule is CO/N=C(\COc1ccc(CNc2[c]cccc2)cc1)c1ccccc1. The minimum atomic E-state index is 0.342. The molecule has 0 aliphatic heterocycles. The highest BCUT2D eigenvalue weighted by atomic mass is 16.6. The summed E-state index contributed by atoms with van der Waals surface area (Å²) in [4.78, 5) is 4.94. The first kappa shape index (κ1) is 17.5. The third-order valence-electron chi connectivity index (χ3n) is 3.80. The first-order valence-corrected chi connectivity index (χ1v) is 8.43. The number of rotatable bonds is 8. The molecule has 0 spiro atoms. The molecule has 4 nitrogen and oxygen atoms in total. The Bertz CT molecular complexity index is 816. The molecule has 0 bridgehead atoms. The second-order valence-electron chi connectivity index (χ2n) is 5.65. The predicted molar refractivity (Wildman–Crippen MR) is 105 cm³/mol. The van der Waals surface area contributed by atoms with Gasteiger partial charge in [-0.15, -0.1) is 0 Å². The van der Waals surface area contributed by atoms with E-state index >= 15 is 0 Å². The van der Waals surface area contributed by atoms with E-state index in [1.54, 1.807) is 0 Å². The zero-order valence-corrected chi connectivity index (χ0v) is 14.7. The molecular weight excluding hydrogens is 324 g/mol. The Balaban J connectivity index is 1.56. The predicted octanol–water partition coefficient (Wildman–Crippen LogP) is 4.53. The zero-order valence-electron chi connectivity index (χ0n) is 14.7. The summed E-state index contributed by atoms with van der Waals surface area (Å²) in [5, 5.41) is 7.41. The first-order valence-electron chi connectivity index (χ1n) is 8.43. The largest absolute Gasteiger partial charge is 0.487 e. The number of benzene rings is 3. The summed E-state index contributed by atoms with van der Waals surface area (Å²) in [6.45, 7) is 1.08. The van der Waals surface area contributed by atoms with Gasteiger partial charge in [-0.2, -0.15) is 0 Å². The van der Waals surface area contributed by atoms with Gasteiger partial charge in [0.1, 0.15) is 25.2 Å². The van der Waals surface area contributed by atoms with Gasteiger partial charge in [0.15, 0.2) is 0 Å². The van der Waals surface area contributed by atoms with Gasteiger partial charge in [-0.3, -0.25) is 0 Å². The molecule has 1 radical (unpaired) electrons. The van der Waals surface area contributed by atoms with E-state index in [0.717, 1.165) is 29.3 Å². The maximum absolute atomic E-state index is 5.86. The number of hydrogen-bond donors (Lipinski definition) is 1. The maximum Gasteiger partial charge on any atom is 0.134 e. The standard InChI is InChI=1S/C22H21N2O2/c1-25-24-22(19-8-4-2-5-9-19)17-26-21-14-12-18(13-15-21)16-23-20-10-6-3-7-11-20/h2-10,12-15,23H,16-17H2,1H3/b24-22+. The fourth-order valence-corrected chi connectivity index (χ4v) is 2.46. The van der Waals surface area contributed by atoms with Crippen molar-refractivity contribution in [2.24, 2.45) is 5.16 Å². The average molecular weight is 345 g/mol. The molecule has 3 aromatic carbocycles. The summed E-state index contributed by atoms with van der Waals surface area (Å²) in [7, 11) is 1.54. The average Bonchev–Trinajstić information content (AvgIpc) is 2.72. The molecule has 3 rings (SSSR count). The van der Waals surface area contributed by atoms with E-state index in [1.165, 1.54) is 12.7 Å². The Labute approximate surface area is 154 Å². The first-order chi connectivity index (χ1) is 12.8.